The fraction of sp³-hybridized carbons (Fsp3) is 0.650. The Bertz CT molecular complexity index is 777. The van der Waals surface area contributed by atoms with E-state index < -0.39 is 10.0 Å². The average Bonchev–Trinajstić information content (AvgIpc) is 2.64. The van der Waals surface area contributed by atoms with E-state index in [4.69, 9.17) is 4.74 Å². The monoisotopic (exact) mass is 408 g/mol. The van der Waals surface area contributed by atoms with Gasteiger partial charge in [0.25, 0.3) is 0 Å². The summed E-state index contributed by atoms with van der Waals surface area (Å²) in [6.07, 6.45) is 3.47. The van der Waals surface area contributed by atoms with E-state index in [0.717, 1.165) is 25.3 Å². The van der Waals surface area contributed by atoms with Crippen molar-refractivity contribution in [2.24, 2.45) is 10.9 Å². The van der Waals surface area contributed by atoms with Crippen molar-refractivity contribution in [3.8, 4) is 0 Å². The van der Waals surface area contributed by atoms with Crippen LogP contribution >= 0.6 is 0 Å². The molecule has 1 aromatic rings. The van der Waals surface area contributed by atoms with Crippen LogP contribution in [0.2, 0.25) is 0 Å². The van der Waals surface area contributed by atoms with E-state index in [9.17, 15) is 8.42 Å². The van der Waals surface area contributed by atoms with E-state index in [2.05, 4.69) is 39.0 Å². The third-order valence-corrected chi connectivity index (χ3v) is 6.93. The molecule has 3 rings (SSSR count). The van der Waals surface area contributed by atoms with Gasteiger partial charge >= 0.3 is 0 Å². The van der Waals surface area contributed by atoms with Crippen molar-refractivity contribution in [2.75, 3.05) is 45.6 Å². The Balaban J connectivity index is 1.49. The molecule has 8 heteroatoms. The number of nitrogens with one attached hydrogen (secondary N) is 2. The minimum absolute atomic E-state index is 0.0126. The van der Waals surface area contributed by atoms with Crippen LogP contribution in [0.25, 0.3) is 0 Å². The van der Waals surface area contributed by atoms with E-state index in [0.29, 0.717) is 32.2 Å². The summed E-state index contributed by atoms with van der Waals surface area (Å²) in [6, 6.07) is 8.24. The summed E-state index contributed by atoms with van der Waals surface area (Å²) in [4.78, 5) is 6.47. The number of ether oxygens (including phenoxy) is 1. The van der Waals surface area contributed by atoms with Gasteiger partial charge < -0.3 is 15.0 Å². The molecule has 1 aliphatic heterocycles. The summed E-state index contributed by atoms with van der Waals surface area (Å²) in [6.45, 7) is 5.02. The molecule has 0 radical (unpaired) electrons. The molecule has 0 spiro atoms. The molecular formula is C20H32N4O3S. The first-order valence-electron chi connectivity index (χ1n) is 10.1. The van der Waals surface area contributed by atoms with Crippen LogP contribution in [0.4, 0.5) is 0 Å². The summed E-state index contributed by atoms with van der Waals surface area (Å²) in [7, 11) is -1.53. The number of sulfonamides is 1. The van der Waals surface area contributed by atoms with Crippen LogP contribution in [0.5, 0.6) is 0 Å². The van der Waals surface area contributed by atoms with E-state index in [1.54, 1.807) is 7.05 Å². The second-order valence-electron chi connectivity index (χ2n) is 7.60. The van der Waals surface area contributed by atoms with E-state index in [1.807, 2.05) is 12.1 Å². The molecule has 0 aromatic heterocycles. The first kappa shape index (κ1) is 21.1. The van der Waals surface area contributed by atoms with Crippen LogP contribution < -0.4 is 10.0 Å². The smallest absolute Gasteiger partial charge is 0.213 e. The Hall–Kier alpha value is -1.64. The van der Waals surface area contributed by atoms with Gasteiger partial charge in [-0.2, -0.15) is 0 Å². The van der Waals surface area contributed by atoms with Crippen LogP contribution in [0.1, 0.15) is 36.5 Å². The van der Waals surface area contributed by atoms with Crippen LogP contribution in [0, 0.1) is 12.8 Å². The quantitative estimate of drug-likeness (QED) is 0.530. The van der Waals surface area contributed by atoms with Crippen LogP contribution in [0.15, 0.2) is 29.3 Å². The molecule has 156 valence electrons. The van der Waals surface area contributed by atoms with Gasteiger partial charge in [0, 0.05) is 26.7 Å². The Morgan fingerprint density at radius 3 is 2.79 bits per heavy atom. The number of hydrogen-bond donors (Lipinski definition) is 2. The minimum Gasteiger partial charge on any atom is -0.370 e. The fourth-order valence-corrected chi connectivity index (χ4v) is 4.63. The summed E-state index contributed by atoms with van der Waals surface area (Å²) in [5.74, 6) is 1.28. The van der Waals surface area contributed by atoms with Gasteiger partial charge in [0.1, 0.15) is 6.10 Å². The fourth-order valence-electron chi connectivity index (χ4n) is 3.62. The normalized spacial score (nSPS) is 21.4. The maximum Gasteiger partial charge on any atom is 0.213 e. The number of nitrogens with zero attached hydrogens (tertiary/aromatic N) is 2. The lowest BCUT2D eigenvalue weighted by molar-refractivity contribution is -0.00827. The van der Waals surface area contributed by atoms with Crippen LogP contribution in [-0.2, 0) is 14.8 Å². The van der Waals surface area contributed by atoms with Crippen LogP contribution in [0.3, 0.4) is 0 Å². The lowest BCUT2D eigenvalue weighted by atomic mass is 9.86. The highest BCUT2D eigenvalue weighted by Crippen LogP contribution is 2.26. The Morgan fingerprint density at radius 2 is 2.11 bits per heavy atom. The lowest BCUT2D eigenvalue weighted by Crippen LogP contribution is -2.49. The SMILES string of the molecule is CN=C(NCCS(=O)(=O)NCC1CCC1)N1CCOC(c2ccccc2C)C1. The topological polar surface area (TPSA) is 83.0 Å². The number of rotatable bonds is 7. The summed E-state index contributed by atoms with van der Waals surface area (Å²) in [5, 5.41) is 3.20. The number of benzene rings is 1. The van der Waals surface area contributed by atoms with Gasteiger partial charge in [0.15, 0.2) is 5.96 Å². The first-order chi connectivity index (χ1) is 13.5. The highest BCUT2D eigenvalue weighted by molar-refractivity contribution is 7.89. The molecule has 1 unspecified atom stereocenters. The number of morpholine rings is 1. The molecule has 1 saturated carbocycles. The van der Waals surface area contributed by atoms with E-state index >= 15 is 0 Å². The summed E-state index contributed by atoms with van der Waals surface area (Å²) >= 11 is 0. The first-order valence-corrected chi connectivity index (χ1v) is 11.7. The molecule has 2 fully saturated rings. The van der Waals surface area contributed by atoms with Gasteiger partial charge in [-0.15, -0.1) is 0 Å². The standard InChI is InChI=1S/C20H32N4O3S/c1-16-6-3-4-9-18(16)19-15-24(11-12-27-19)20(21-2)22-10-13-28(25,26)23-14-17-7-5-8-17/h3-4,6,9,17,19,23H,5,7-8,10-15H2,1-2H3,(H,21,22). The van der Waals surface area contributed by atoms with Crippen molar-refractivity contribution in [2.45, 2.75) is 32.3 Å². The molecule has 1 saturated heterocycles. The van der Waals surface area contributed by atoms with Crippen LogP contribution in [-0.4, -0.2) is 64.9 Å². The average molecular weight is 409 g/mol. The van der Waals surface area contributed by atoms with Gasteiger partial charge in [0.2, 0.25) is 10.0 Å². The summed E-state index contributed by atoms with van der Waals surface area (Å²) < 4.78 is 33.0. The minimum atomic E-state index is -3.26. The highest BCUT2D eigenvalue weighted by Gasteiger charge is 2.25. The predicted octanol–water partition coefficient (Wildman–Crippen LogP) is 1.66. The number of aliphatic imine (C=N–C) groups is 1. The van der Waals surface area contributed by atoms with Crippen molar-refractivity contribution >= 4 is 16.0 Å². The van der Waals surface area contributed by atoms with Crippen molar-refractivity contribution in [1.29, 1.82) is 0 Å². The van der Waals surface area contributed by atoms with Gasteiger partial charge in [-0.1, -0.05) is 30.7 Å². The van der Waals surface area contributed by atoms with Crippen molar-refractivity contribution in [3.63, 3.8) is 0 Å². The van der Waals surface area contributed by atoms with Gasteiger partial charge in [0.05, 0.1) is 18.9 Å². The molecule has 28 heavy (non-hydrogen) atoms. The highest BCUT2D eigenvalue weighted by atomic mass is 32.2. The zero-order chi connectivity index (χ0) is 20.0. The number of hydrogen-bond acceptors (Lipinski definition) is 4. The third-order valence-electron chi connectivity index (χ3n) is 5.58. The Kier molecular flexibility index (Phi) is 7.31. The van der Waals surface area contributed by atoms with Gasteiger partial charge in [-0.05, 0) is 36.8 Å². The summed E-state index contributed by atoms with van der Waals surface area (Å²) in [5.41, 5.74) is 2.39. The zero-order valence-electron chi connectivity index (χ0n) is 16.9. The maximum absolute atomic E-state index is 12.2. The second-order valence-corrected chi connectivity index (χ2v) is 9.53. The molecule has 2 N–H and O–H groups in total. The maximum atomic E-state index is 12.2. The lowest BCUT2D eigenvalue weighted by Gasteiger charge is -2.35. The third kappa shape index (κ3) is 5.68. The predicted molar refractivity (Wildman–Crippen MR) is 112 cm³/mol. The number of aryl methyl sites for hydroxylation is 1. The van der Waals surface area contributed by atoms with Crippen molar-refractivity contribution in [3.05, 3.63) is 35.4 Å². The molecule has 1 aromatic carbocycles. The molecule has 0 amide bonds. The largest absolute Gasteiger partial charge is 0.370 e. The van der Waals surface area contributed by atoms with E-state index in [-0.39, 0.29) is 11.9 Å². The molecule has 1 aliphatic carbocycles. The molecular weight excluding hydrogens is 376 g/mol. The molecule has 0 bridgehead atoms. The Labute approximate surface area is 168 Å². The molecule has 1 heterocycles. The van der Waals surface area contributed by atoms with E-state index in [1.165, 1.54) is 17.5 Å². The van der Waals surface area contributed by atoms with Crippen molar-refractivity contribution < 1.29 is 13.2 Å². The Morgan fingerprint density at radius 1 is 1.32 bits per heavy atom. The molecule has 1 atom stereocenters. The number of guanidine groups is 1. The van der Waals surface area contributed by atoms with Crippen molar-refractivity contribution in [1.82, 2.24) is 14.9 Å². The van der Waals surface area contributed by atoms with Gasteiger partial charge in [-0.3, -0.25) is 4.99 Å². The second kappa shape index (κ2) is 9.71. The molecule has 7 nitrogen and oxygen atoms in total. The van der Waals surface area contributed by atoms with Gasteiger partial charge in [-0.25, -0.2) is 13.1 Å². The molecule has 2 aliphatic rings. The zero-order valence-corrected chi connectivity index (χ0v) is 17.7.